The summed E-state index contributed by atoms with van der Waals surface area (Å²) < 4.78 is 2.21. The van der Waals surface area contributed by atoms with Gasteiger partial charge in [-0.2, -0.15) is 0 Å². The zero-order valence-electron chi connectivity index (χ0n) is 40.2. The van der Waals surface area contributed by atoms with Crippen LogP contribution in [0.4, 0.5) is 34.1 Å². The SMILES string of the molecule is Cc1cc(-c2cc3c4c(c2)N(c2ccc(C(C)(C)C)cc2)c2ccc(C(C)(C)C)cc2B4c2cc(C(C)(C)C)ccc2N3c2ccc(C(C)(C)C)cc2)ccc1-c1cccc[n+]1C. The molecule has 0 amide bonds. The van der Waals surface area contributed by atoms with E-state index in [9.17, 15) is 0 Å². The van der Waals surface area contributed by atoms with Crippen LogP contribution in [-0.4, -0.2) is 6.71 Å². The van der Waals surface area contributed by atoms with Crippen molar-refractivity contribution in [2.75, 3.05) is 9.80 Å². The van der Waals surface area contributed by atoms with Crippen LogP contribution in [0, 0.1) is 6.92 Å². The Labute approximate surface area is 378 Å². The molecule has 2 aliphatic heterocycles. The van der Waals surface area contributed by atoms with Gasteiger partial charge < -0.3 is 9.80 Å². The monoisotopic (exact) mass is 827 g/mol. The molecule has 0 atom stereocenters. The fourth-order valence-electron chi connectivity index (χ4n) is 9.82. The Hall–Kier alpha value is -5.87. The standard InChI is InChI=1S/C59H65BN3/c1-38-33-39(18-29-47(38)50-17-15-16-32-61(50)14)40-34-53-55-54(35-40)63(46-27-21-42(22-28-46)57(5,6)7)52-31-24-44(59(11,12)13)37-49(52)60(55)48-36-43(58(8,9)10)23-30-51(48)62(53)45-25-19-41(20-26-45)56(2,3)4/h15-37H,1-14H3/q+1. The number of benzene rings is 6. The number of hydrogen-bond acceptors (Lipinski definition) is 2. The molecule has 0 bridgehead atoms. The van der Waals surface area contributed by atoms with E-state index in [2.05, 4.69) is 251 Å². The van der Waals surface area contributed by atoms with Crippen molar-refractivity contribution >= 4 is 57.2 Å². The molecule has 2 aliphatic rings. The minimum Gasteiger partial charge on any atom is -0.311 e. The lowest BCUT2D eigenvalue weighted by Gasteiger charge is -2.45. The number of hydrogen-bond donors (Lipinski definition) is 0. The summed E-state index contributed by atoms with van der Waals surface area (Å²) in [4.78, 5) is 5.13. The van der Waals surface area contributed by atoms with Gasteiger partial charge in [0.05, 0.1) is 0 Å². The Morgan fingerprint density at radius 2 is 0.873 bits per heavy atom. The predicted octanol–water partition coefficient (Wildman–Crippen LogP) is 13.4. The van der Waals surface area contributed by atoms with Crippen LogP contribution in [0.2, 0.25) is 0 Å². The zero-order chi connectivity index (χ0) is 45.0. The fourth-order valence-corrected chi connectivity index (χ4v) is 9.82. The fraction of sp³-hybridized carbons (Fsp3) is 0.305. The lowest BCUT2D eigenvalue weighted by atomic mass is 9.33. The summed E-state index contributed by atoms with van der Waals surface area (Å²) in [5.41, 5.74) is 22.9. The molecule has 0 radical (unpaired) electrons. The highest BCUT2D eigenvalue weighted by molar-refractivity contribution is 7.00. The molecule has 0 aliphatic carbocycles. The van der Waals surface area contributed by atoms with Crippen LogP contribution in [0.3, 0.4) is 0 Å². The average Bonchev–Trinajstić information content (AvgIpc) is 3.22. The minimum atomic E-state index is -0.0202. The van der Waals surface area contributed by atoms with E-state index in [4.69, 9.17) is 0 Å². The van der Waals surface area contributed by atoms with Crippen molar-refractivity contribution < 1.29 is 4.57 Å². The molecule has 9 rings (SSSR count). The van der Waals surface area contributed by atoms with Gasteiger partial charge in [0.25, 0.3) is 6.71 Å². The zero-order valence-corrected chi connectivity index (χ0v) is 40.2. The van der Waals surface area contributed by atoms with E-state index in [-0.39, 0.29) is 28.4 Å². The highest BCUT2D eigenvalue weighted by Gasteiger charge is 2.44. The number of nitrogens with zero attached hydrogens (tertiary/aromatic N) is 3. The van der Waals surface area contributed by atoms with Gasteiger partial charge in [0, 0.05) is 51.8 Å². The Kier molecular flexibility index (Phi) is 10.0. The first-order chi connectivity index (χ1) is 29.6. The van der Waals surface area contributed by atoms with E-state index < -0.39 is 0 Å². The molecule has 0 unspecified atom stereocenters. The maximum absolute atomic E-state index is 2.57. The van der Waals surface area contributed by atoms with Gasteiger partial charge in [-0.3, -0.25) is 0 Å². The molecular weight excluding hydrogens is 761 g/mol. The number of aromatic nitrogens is 1. The van der Waals surface area contributed by atoms with Gasteiger partial charge in [-0.15, -0.1) is 0 Å². The molecule has 0 saturated carbocycles. The number of pyridine rings is 1. The van der Waals surface area contributed by atoms with Crippen molar-refractivity contribution in [1.29, 1.82) is 0 Å². The molecular formula is C59H65BN3+. The van der Waals surface area contributed by atoms with Crippen LogP contribution in [0.25, 0.3) is 22.4 Å². The third-order valence-corrected chi connectivity index (χ3v) is 13.7. The molecule has 3 heterocycles. The second-order valence-corrected chi connectivity index (χ2v) is 22.4. The van der Waals surface area contributed by atoms with E-state index >= 15 is 0 Å². The van der Waals surface area contributed by atoms with Gasteiger partial charge in [-0.05, 0) is 145 Å². The van der Waals surface area contributed by atoms with Crippen molar-refractivity contribution in [3.05, 3.63) is 167 Å². The van der Waals surface area contributed by atoms with E-state index in [0.717, 1.165) is 0 Å². The van der Waals surface area contributed by atoms with Crippen molar-refractivity contribution in [1.82, 2.24) is 0 Å². The van der Waals surface area contributed by atoms with Crippen LogP contribution in [0.1, 0.15) is 111 Å². The lowest BCUT2D eigenvalue weighted by Crippen LogP contribution is -2.61. The van der Waals surface area contributed by atoms with Crippen molar-refractivity contribution in [2.24, 2.45) is 7.05 Å². The summed E-state index contributed by atoms with van der Waals surface area (Å²) in [6, 6.07) is 51.8. The average molecular weight is 827 g/mol. The van der Waals surface area contributed by atoms with Crippen molar-refractivity contribution in [2.45, 2.75) is 112 Å². The van der Waals surface area contributed by atoms with Gasteiger partial charge >= 0.3 is 0 Å². The normalized spacial score (nSPS) is 13.8. The molecule has 4 heteroatoms. The molecule has 0 saturated heterocycles. The van der Waals surface area contributed by atoms with Gasteiger partial charge in [-0.25, -0.2) is 4.57 Å². The first-order valence-electron chi connectivity index (χ1n) is 22.9. The maximum Gasteiger partial charge on any atom is 0.252 e. The molecule has 3 nitrogen and oxygen atoms in total. The van der Waals surface area contributed by atoms with Gasteiger partial charge in [0.1, 0.15) is 7.05 Å². The second kappa shape index (κ2) is 14.9. The molecule has 318 valence electrons. The first kappa shape index (κ1) is 42.4. The number of anilines is 6. The highest BCUT2D eigenvalue weighted by atomic mass is 15.2. The molecule has 0 N–H and O–H groups in total. The van der Waals surface area contributed by atoms with Crippen LogP contribution in [-0.2, 0) is 28.7 Å². The van der Waals surface area contributed by atoms with Crippen LogP contribution in [0.15, 0.2) is 140 Å². The second-order valence-electron chi connectivity index (χ2n) is 22.4. The summed E-state index contributed by atoms with van der Waals surface area (Å²) in [7, 11) is 2.13. The highest BCUT2D eigenvalue weighted by Crippen LogP contribution is 2.47. The van der Waals surface area contributed by atoms with Crippen LogP contribution < -0.4 is 30.8 Å². The Morgan fingerprint density at radius 3 is 1.29 bits per heavy atom. The van der Waals surface area contributed by atoms with Gasteiger partial charge in [-0.1, -0.05) is 144 Å². The Balaban J connectivity index is 1.38. The van der Waals surface area contributed by atoms with Crippen molar-refractivity contribution in [3.8, 4) is 22.4 Å². The third kappa shape index (κ3) is 7.50. The minimum absolute atomic E-state index is 0.0202. The Morgan fingerprint density at radius 1 is 0.429 bits per heavy atom. The summed E-state index contributed by atoms with van der Waals surface area (Å²) in [5.74, 6) is 0. The topological polar surface area (TPSA) is 10.4 Å². The molecule has 6 aromatic carbocycles. The summed E-state index contributed by atoms with van der Waals surface area (Å²) >= 11 is 0. The smallest absolute Gasteiger partial charge is 0.252 e. The number of rotatable bonds is 4. The van der Waals surface area contributed by atoms with E-state index in [1.807, 2.05) is 0 Å². The molecule has 0 fully saturated rings. The predicted molar refractivity (Wildman–Crippen MR) is 272 cm³/mol. The lowest BCUT2D eigenvalue weighted by molar-refractivity contribution is -0.660. The van der Waals surface area contributed by atoms with Gasteiger partial charge in [0.15, 0.2) is 6.20 Å². The van der Waals surface area contributed by atoms with Crippen LogP contribution in [0.5, 0.6) is 0 Å². The molecule has 0 spiro atoms. The van der Waals surface area contributed by atoms with Crippen molar-refractivity contribution in [3.63, 3.8) is 0 Å². The van der Waals surface area contributed by atoms with Crippen LogP contribution >= 0.6 is 0 Å². The van der Waals surface area contributed by atoms with Gasteiger partial charge in [0.2, 0.25) is 5.69 Å². The third-order valence-electron chi connectivity index (χ3n) is 13.7. The van der Waals surface area contributed by atoms with E-state index in [1.54, 1.807) is 0 Å². The molecule has 7 aromatic rings. The largest absolute Gasteiger partial charge is 0.311 e. The summed E-state index contributed by atoms with van der Waals surface area (Å²) in [6.07, 6.45) is 2.13. The number of fused-ring (bicyclic) bond motifs is 4. The molecule has 63 heavy (non-hydrogen) atoms. The Bertz CT molecular complexity index is 2740. The summed E-state index contributed by atoms with van der Waals surface area (Å²) in [5, 5.41) is 0. The number of aryl methyl sites for hydroxylation is 2. The maximum atomic E-state index is 2.57. The summed E-state index contributed by atoms with van der Waals surface area (Å²) in [6.45, 7) is 30.1. The van der Waals surface area contributed by atoms with E-state index in [1.165, 1.54) is 101 Å². The first-order valence-corrected chi connectivity index (χ1v) is 22.9. The quantitative estimate of drug-likeness (QED) is 0.129. The molecule has 1 aromatic heterocycles. The van der Waals surface area contributed by atoms with E-state index in [0.29, 0.717) is 0 Å².